The number of ether oxygens (including phenoxy) is 1. The molecule has 0 heterocycles. The number of hydrogen-bond acceptors (Lipinski definition) is 5. The molecule has 0 aliphatic carbocycles. The van der Waals surface area contributed by atoms with E-state index in [1.54, 1.807) is 42.5 Å². The third-order valence-corrected chi connectivity index (χ3v) is 5.65. The van der Waals surface area contributed by atoms with E-state index in [1.165, 1.54) is 0 Å². The molecule has 0 aliphatic heterocycles. The molecule has 2 unspecified atom stereocenters. The molecule has 0 spiro atoms. The van der Waals surface area contributed by atoms with E-state index in [2.05, 4.69) is 0 Å². The van der Waals surface area contributed by atoms with Crippen molar-refractivity contribution in [1.82, 2.24) is 0 Å². The molecule has 0 saturated carbocycles. The van der Waals surface area contributed by atoms with Crippen molar-refractivity contribution in [3.05, 3.63) is 65.7 Å². The topological polar surface area (TPSA) is 61.8 Å². The molecule has 5 nitrogen and oxygen atoms in total. The Morgan fingerprint density at radius 3 is 2.31 bits per heavy atom. The highest BCUT2D eigenvalue weighted by Crippen LogP contribution is 2.31. The van der Waals surface area contributed by atoms with E-state index in [1.807, 2.05) is 25.1 Å². The first-order chi connectivity index (χ1) is 12.6. The van der Waals surface area contributed by atoms with Gasteiger partial charge in [0.05, 0.1) is 11.5 Å². The van der Waals surface area contributed by atoms with E-state index in [0.29, 0.717) is 33.4 Å². The second-order valence-electron chi connectivity index (χ2n) is 5.08. The van der Waals surface area contributed by atoms with Gasteiger partial charge in [0.1, 0.15) is 11.5 Å². The maximum atomic E-state index is 12.5. The molecule has 0 aromatic heterocycles. The Balaban J connectivity index is 1.80. The number of rotatable bonds is 7. The van der Waals surface area contributed by atoms with Crippen LogP contribution < -0.4 is 8.92 Å². The van der Waals surface area contributed by atoms with Crippen LogP contribution >= 0.6 is 11.6 Å². The lowest BCUT2D eigenvalue weighted by Crippen LogP contribution is -2.08. The normalized spacial score (nSPS) is 13.3. The van der Waals surface area contributed by atoms with E-state index in [4.69, 9.17) is 24.2 Å². The minimum Gasteiger partial charge on any atom is -0.493 e. The second kappa shape index (κ2) is 8.64. The fourth-order valence-corrected chi connectivity index (χ4v) is 4.08. The van der Waals surface area contributed by atoms with Crippen molar-refractivity contribution < 1.29 is 21.0 Å². The van der Waals surface area contributed by atoms with E-state index >= 15 is 0 Å². The summed E-state index contributed by atoms with van der Waals surface area (Å²) in [7, 11) is 0. The molecule has 2 atom stereocenters. The first kappa shape index (κ1) is 18.8. The molecule has 0 aliphatic rings. The molecule has 8 heteroatoms. The van der Waals surface area contributed by atoms with Gasteiger partial charge in [-0.15, -0.1) is 0 Å². The third-order valence-electron chi connectivity index (χ3n) is 3.42. The standard InChI is InChI=1S/C18H15ClO5S2/c1-2-22-17-11-12-18(16-6-4-3-5-15(16)17)25(20)24-26(21)23-14-9-7-13(19)8-10-14/h3-12H,2H2,1H3. The Kier molecular flexibility index (Phi) is 6.26. The van der Waals surface area contributed by atoms with Crippen molar-refractivity contribution in [1.29, 1.82) is 0 Å². The average molecular weight is 411 g/mol. The Morgan fingerprint density at radius 1 is 0.923 bits per heavy atom. The van der Waals surface area contributed by atoms with Crippen LogP contribution in [0, 0.1) is 0 Å². The van der Waals surface area contributed by atoms with Crippen LogP contribution in [0.1, 0.15) is 6.92 Å². The molecule has 0 bridgehead atoms. The van der Waals surface area contributed by atoms with Crippen LogP contribution in [-0.4, -0.2) is 15.0 Å². The van der Waals surface area contributed by atoms with Gasteiger partial charge in [-0.2, -0.15) is 7.84 Å². The predicted octanol–water partition coefficient (Wildman–Crippen LogP) is 4.59. The summed E-state index contributed by atoms with van der Waals surface area (Å²) in [5, 5.41) is 2.02. The largest absolute Gasteiger partial charge is 0.493 e. The summed E-state index contributed by atoms with van der Waals surface area (Å²) in [6, 6.07) is 16.9. The molecule has 0 saturated heterocycles. The summed E-state index contributed by atoms with van der Waals surface area (Å²) >= 11 is 1.56. The minimum absolute atomic E-state index is 0.293. The average Bonchev–Trinajstić information content (AvgIpc) is 2.64. The monoisotopic (exact) mass is 410 g/mol. The Labute approximate surface area is 161 Å². The van der Waals surface area contributed by atoms with Crippen molar-refractivity contribution in [2.24, 2.45) is 0 Å². The van der Waals surface area contributed by atoms with Crippen LogP contribution in [0.3, 0.4) is 0 Å². The zero-order valence-corrected chi connectivity index (χ0v) is 16.1. The number of benzene rings is 3. The van der Waals surface area contributed by atoms with Crippen LogP contribution in [0.15, 0.2) is 65.6 Å². The van der Waals surface area contributed by atoms with Gasteiger partial charge in [0.2, 0.25) is 11.1 Å². The maximum absolute atomic E-state index is 12.5. The highest BCUT2D eigenvalue weighted by molar-refractivity contribution is 7.91. The molecular weight excluding hydrogens is 396 g/mol. The molecule has 136 valence electrons. The Bertz CT molecular complexity index is 959. The smallest absolute Gasteiger partial charge is 0.374 e. The molecule has 26 heavy (non-hydrogen) atoms. The fourth-order valence-electron chi connectivity index (χ4n) is 2.34. The predicted molar refractivity (Wildman–Crippen MR) is 103 cm³/mol. The van der Waals surface area contributed by atoms with Crippen molar-refractivity contribution in [2.75, 3.05) is 6.61 Å². The summed E-state index contributed by atoms with van der Waals surface area (Å²) < 4.78 is 40.3. The molecule has 0 N–H and O–H groups in total. The maximum Gasteiger partial charge on any atom is 0.374 e. The van der Waals surface area contributed by atoms with E-state index in [-0.39, 0.29) is 0 Å². The zero-order chi connectivity index (χ0) is 18.5. The molecule has 0 fully saturated rings. The molecule has 0 amide bonds. The van der Waals surface area contributed by atoms with Crippen LogP contribution in [0.4, 0.5) is 0 Å². The highest BCUT2D eigenvalue weighted by atomic mass is 35.5. The van der Waals surface area contributed by atoms with Crippen molar-refractivity contribution in [3.8, 4) is 11.5 Å². The minimum atomic E-state index is -2.23. The first-order valence-electron chi connectivity index (χ1n) is 7.69. The van der Waals surface area contributed by atoms with Crippen molar-refractivity contribution in [3.63, 3.8) is 0 Å². The van der Waals surface area contributed by atoms with E-state index < -0.39 is 22.4 Å². The fraction of sp³-hybridized carbons (Fsp3) is 0.111. The van der Waals surface area contributed by atoms with E-state index in [0.717, 1.165) is 5.39 Å². The first-order valence-corrected chi connectivity index (χ1v) is 10.1. The van der Waals surface area contributed by atoms with Gasteiger partial charge in [0.25, 0.3) is 0 Å². The van der Waals surface area contributed by atoms with Gasteiger partial charge in [-0.05, 0) is 43.3 Å². The number of hydrogen-bond donors (Lipinski definition) is 0. The van der Waals surface area contributed by atoms with Crippen LogP contribution in [0.5, 0.6) is 11.5 Å². The van der Waals surface area contributed by atoms with Crippen LogP contribution in [0.25, 0.3) is 10.8 Å². The zero-order valence-electron chi connectivity index (χ0n) is 13.7. The molecule has 3 aromatic carbocycles. The Morgan fingerprint density at radius 2 is 1.62 bits per heavy atom. The lowest BCUT2D eigenvalue weighted by molar-refractivity contribution is 0.344. The Hall–Kier alpha value is -1.93. The van der Waals surface area contributed by atoms with Gasteiger partial charge >= 0.3 is 11.4 Å². The third kappa shape index (κ3) is 4.42. The number of fused-ring (bicyclic) bond motifs is 1. The van der Waals surface area contributed by atoms with E-state index in [9.17, 15) is 8.42 Å². The van der Waals surface area contributed by atoms with Crippen LogP contribution in [0.2, 0.25) is 5.02 Å². The molecule has 3 aromatic rings. The molecule has 3 rings (SSSR count). The van der Waals surface area contributed by atoms with Crippen molar-refractivity contribution in [2.45, 2.75) is 11.8 Å². The van der Waals surface area contributed by atoms with Gasteiger partial charge in [0, 0.05) is 15.8 Å². The summed E-state index contributed by atoms with van der Waals surface area (Å²) in [5.74, 6) is 0.976. The van der Waals surface area contributed by atoms with Gasteiger partial charge in [-0.25, -0.2) is 4.21 Å². The summed E-state index contributed by atoms with van der Waals surface area (Å²) in [5.41, 5.74) is 0. The lowest BCUT2D eigenvalue weighted by Gasteiger charge is -2.11. The van der Waals surface area contributed by atoms with Gasteiger partial charge in [-0.3, -0.25) is 0 Å². The van der Waals surface area contributed by atoms with Gasteiger partial charge in [-0.1, -0.05) is 35.9 Å². The molecular formula is C18H15ClO5S2. The second-order valence-corrected chi connectivity index (χ2v) is 7.55. The molecule has 0 radical (unpaired) electrons. The summed E-state index contributed by atoms with van der Waals surface area (Å²) in [6.45, 7) is 2.41. The quantitative estimate of drug-likeness (QED) is 0.570. The van der Waals surface area contributed by atoms with Gasteiger partial charge in [0.15, 0.2) is 0 Å². The summed E-state index contributed by atoms with van der Waals surface area (Å²) in [4.78, 5) is 0.386. The highest BCUT2D eigenvalue weighted by Gasteiger charge is 2.17. The SMILES string of the molecule is CCOc1ccc(S(=O)OS(=O)Oc2ccc(Cl)cc2)c2ccccc12. The lowest BCUT2D eigenvalue weighted by atomic mass is 10.1. The van der Waals surface area contributed by atoms with Crippen LogP contribution in [-0.2, 0) is 26.1 Å². The van der Waals surface area contributed by atoms with Gasteiger partial charge < -0.3 is 8.92 Å². The van der Waals surface area contributed by atoms with Crippen molar-refractivity contribution >= 4 is 44.8 Å². The number of halogens is 1. The summed E-state index contributed by atoms with van der Waals surface area (Å²) in [6.07, 6.45) is 0.